The highest BCUT2D eigenvalue weighted by molar-refractivity contribution is 6.30. The van der Waals surface area contributed by atoms with Gasteiger partial charge >= 0.3 is 0 Å². The predicted molar refractivity (Wildman–Crippen MR) is 102 cm³/mol. The largest absolute Gasteiger partial charge is 0.493 e. The molecule has 1 saturated heterocycles. The fraction of sp³-hybridized carbons (Fsp3) is 0.381. The lowest BCUT2D eigenvalue weighted by molar-refractivity contribution is -0.132. The number of halogens is 1. The van der Waals surface area contributed by atoms with E-state index in [0.29, 0.717) is 36.9 Å². The summed E-state index contributed by atoms with van der Waals surface area (Å²) in [5.41, 5.74) is 0.712. The van der Waals surface area contributed by atoms with E-state index in [0.717, 1.165) is 11.3 Å². The van der Waals surface area contributed by atoms with E-state index in [1.54, 1.807) is 29.2 Å². The maximum Gasteiger partial charge on any atom is 0.260 e. The SMILES string of the molecule is O=C(COc1ccc(Cl)cc1)N1CC2COc3ccccc3CC2(CO)C1. The number of aliphatic hydroxyl groups is 1. The van der Waals surface area contributed by atoms with Crippen molar-refractivity contribution in [2.45, 2.75) is 6.42 Å². The van der Waals surface area contributed by atoms with Gasteiger partial charge in [-0.3, -0.25) is 4.79 Å². The molecule has 6 heteroatoms. The van der Waals surface area contributed by atoms with Crippen molar-refractivity contribution in [2.24, 2.45) is 11.3 Å². The molecule has 1 fully saturated rings. The van der Waals surface area contributed by atoms with Crippen LogP contribution in [0.2, 0.25) is 5.02 Å². The lowest BCUT2D eigenvalue weighted by Gasteiger charge is -2.30. The van der Waals surface area contributed by atoms with Crippen LogP contribution in [0.1, 0.15) is 5.56 Å². The second kappa shape index (κ2) is 7.41. The van der Waals surface area contributed by atoms with Crippen molar-refractivity contribution in [2.75, 3.05) is 32.9 Å². The molecule has 2 heterocycles. The summed E-state index contributed by atoms with van der Waals surface area (Å²) in [6.07, 6.45) is 0.701. The number of aliphatic hydroxyl groups excluding tert-OH is 1. The smallest absolute Gasteiger partial charge is 0.260 e. The van der Waals surface area contributed by atoms with E-state index in [9.17, 15) is 9.90 Å². The van der Waals surface area contributed by atoms with E-state index in [2.05, 4.69) is 0 Å². The normalized spacial score (nSPS) is 23.8. The van der Waals surface area contributed by atoms with Crippen LogP contribution in [0, 0.1) is 11.3 Å². The van der Waals surface area contributed by atoms with Crippen molar-refractivity contribution in [3.05, 3.63) is 59.1 Å². The van der Waals surface area contributed by atoms with Crippen LogP contribution < -0.4 is 9.47 Å². The molecule has 0 spiro atoms. The number of para-hydroxylation sites is 1. The highest BCUT2D eigenvalue weighted by atomic mass is 35.5. The number of nitrogens with zero attached hydrogens (tertiary/aromatic N) is 1. The number of hydrogen-bond acceptors (Lipinski definition) is 4. The predicted octanol–water partition coefficient (Wildman–Crippen LogP) is 2.79. The van der Waals surface area contributed by atoms with Crippen molar-refractivity contribution < 1.29 is 19.4 Å². The summed E-state index contributed by atoms with van der Waals surface area (Å²) in [4.78, 5) is 14.5. The third-order valence-corrected chi connectivity index (χ3v) is 5.86. The Labute approximate surface area is 163 Å². The molecular weight excluding hydrogens is 366 g/mol. The summed E-state index contributed by atoms with van der Waals surface area (Å²) in [6.45, 7) is 1.57. The highest BCUT2D eigenvalue weighted by Gasteiger charge is 2.49. The van der Waals surface area contributed by atoms with E-state index < -0.39 is 0 Å². The molecule has 2 aliphatic rings. The third-order valence-electron chi connectivity index (χ3n) is 5.61. The number of hydrogen-bond donors (Lipinski definition) is 1. The number of carbonyl (C=O) groups excluding carboxylic acids is 1. The van der Waals surface area contributed by atoms with Crippen LogP contribution >= 0.6 is 11.6 Å². The van der Waals surface area contributed by atoms with Crippen LogP contribution in [0.25, 0.3) is 0 Å². The van der Waals surface area contributed by atoms with E-state index in [1.807, 2.05) is 24.3 Å². The van der Waals surface area contributed by atoms with Gasteiger partial charge in [0.05, 0.1) is 13.2 Å². The summed E-state index contributed by atoms with van der Waals surface area (Å²) < 4.78 is 11.6. The number of carbonyl (C=O) groups is 1. The van der Waals surface area contributed by atoms with Gasteiger partial charge < -0.3 is 19.5 Å². The van der Waals surface area contributed by atoms with Crippen LogP contribution in [-0.4, -0.2) is 48.8 Å². The molecule has 1 N–H and O–H groups in total. The summed E-state index contributed by atoms with van der Waals surface area (Å²) in [5, 5.41) is 10.8. The van der Waals surface area contributed by atoms with Gasteiger partial charge in [-0.2, -0.15) is 0 Å². The zero-order valence-electron chi connectivity index (χ0n) is 14.9. The molecule has 2 aromatic rings. The first-order valence-electron chi connectivity index (χ1n) is 9.07. The zero-order chi connectivity index (χ0) is 18.9. The quantitative estimate of drug-likeness (QED) is 0.876. The maximum atomic E-state index is 12.7. The molecule has 2 unspecified atom stereocenters. The molecule has 0 bridgehead atoms. The molecule has 0 radical (unpaired) electrons. The molecule has 0 aromatic heterocycles. The van der Waals surface area contributed by atoms with Crippen LogP contribution in [0.15, 0.2) is 48.5 Å². The van der Waals surface area contributed by atoms with Gasteiger partial charge in [0, 0.05) is 29.4 Å². The van der Waals surface area contributed by atoms with Crippen molar-refractivity contribution in [3.8, 4) is 11.5 Å². The average Bonchev–Trinajstić information content (AvgIpc) is 2.98. The van der Waals surface area contributed by atoms with E-state index >= 15 is 0 Å². The fourth-order valence-corrected chi connectivity index (χ4v) is 4.14. The average molecular weight is 388 g/mol. The number of likely N-dealkylation sites (tertiary alicyclic amines) is 1. The molecule has 2 aromatic carbocycles. The summed E-state index contributed by atoms with van der Waals surface area (Å²) in [6, 6.07) is 14.9. The van der Waals surface area contributed by atoms with Gasteiger partial charge in [-0.1, -0.05) is 29.8 Å². The molecule has 5 nitrogen and oxygen atoms in total. The molecule has 0 saturated carbocycles. The van der Waals surface area contributed by atoms with Gasteiger partial charge in [0.2, 0.25) is 0 Å². The Morgan fingerprint density at radius 1 is 1.26 bits per heavy atom. The van der Waals surface area contributed by atoms with Crippen LogP contribution in [-0.2, 0) is 11.2 Å². The minimum Gasteiger partial charge on any atom is -0.493 e. The minimum absolute atomic E-state index is 0.0250. The van der Waals surface area contributed by atoms with Crippen LogP contribution in [0.5, 0.6) is 11.5 Å². The molecule has 4 rings (SSSR count). The lowest BCUT2D eigenvalue weighted by Crippen LogP contribution is -2.39. The van der Waals surface area contributed by atoms with Crippen molar-refractivity contribution >= 4 is 17.5 Å². The zero-order valence-corrected chi connectivity index (χ0v) is 15.7. The summed E-state index contributed by atoms with van der Waals surface area (Å²) in [5.74, 6) is 1.49. The highest BCUT2D eigenvalue weighted by Crippen LogP contribution is 2.43. The van der Waals surface area contributed by atoms with E-state index in [-0.39, 0.29) is 30.5 Å². The molecule has 1 amide bonds. The summed E-state index contributed by atoms with van der Waals surface area (Å²) in [7, 11) is 0. The topological polar surface area (TPSA) is 59.0 Å². The summed E-state index contributed by atoms with van der Waals surface area (Å²) >= 11 is 5.86. The maximum absolute atomic E-state index is 12.7. The number of benzene rings is 2. The number of fused-ring (bicyclic) bond motifs is 2. The van der Waals surface area contributed by atoms with Gasteiger partial charge in [-0.25, -0.2) is 0 Å². The second-order valence-electron chi connectivity index (χ2n) is 7.33. The Morgan fingerprint density at radius 2 is 2.04 bits per heavy atom. The second-order valence-corrected chi connectivity index (χ2v) is 7.77. The number of amides is 1. The van der Waals surface area contributed by atoms with Gasteiger partial charge in [-0.15, -0.1) is 0 Å². The van der Waals surface area contributed by atoms with Gasteiger partial charge in [0.25, 0.3) is 5.91 Å². The fourth-order valence-electron chi connectivity index (χ4n) is 4.02. The number of rotatable bonds is 4. The van der Waals surface area contributed by atoms with Crippen LogP contribution in [0.4, 0.5) is 0 Å². The van der Waals surface area contributed by atoms with E-state index in [1.165, 1.54) is 0 Å². The van der Waals surface area contributed by atoms with Gasteiger partial charge in [0.15, 0.2) is 6.61 Å². The Bertz CT molecular complexity index is 825. The Morgan fingerprint density at radius 3 is 2.81 bits per heavy atom. The van der Waals surface area contributed by atoms with Crippen LogP contribution in [0.3, 0.4) is 0 Å². The van der Waals surface area contributed by atoms with Gasteiger partial charge in [-0.05, 0) is 42.3 Å². The van der Waals surface area contributed by atoms with E-state index in [4.69, 9.17) is 21.1 Å². The molecule has 2 aliphatic heterocycles. The molecule has 142 valence electrons. The lowest BCUT2D eigenvalue weighted by atomic mass is 9.75. The molecule has 0 aliphatic carbocycles. The Balaban J connectivity index is 1.44. The van der Waals surface area contributed by atoms with Crippen molar-refractivity contribution in [1.82, 2.24) is 4.90 Å². The standard InChI is InChI=1S/C21H22ClNO4/c22-17-5-7-18(8-6-17)26-12-20(25)23-10-16-11-27-19-4-2-1-3-15(19)9-21(16,13-23)14-24/h1-8,16,24H,9-14H2. The van der Waals surface area contributed by atoms with Crippen molar-refractivity contribution in [3.63, 3.8) is 0 Å². The third kappa shape index (κ3) is 3.62. The monoisotopic (exact) mass is 387 g/mol. The van der Waals surface area contributed by atoms with Gasteiger partial charge in [0.1, 0.15) is 11.5 Å². The van der Waals surface area contributed by atoms with Crippen molar-refractivity contribution in [1.29, 1.82) is 0 Å². The first-order valence-corrected chi connectivity index (χ1v) is 9.45. The molecular formula is C21H22ClNO4. The molecule has 2 atom stereocenters. The molecule has 27 heavy (non-hydrogen) atoms. The number of ether oxygens (including phenoxy) is 2. The Hall–Kier alpha value is -2.24. The Kier molecular flexibility index (Phi) is 4.98. The first kappa shape index (κ1) is 18.1. The minimum atomic E-state index is -0.372. The first-order chi connectivity index (χ1) is 13.1.